The molecule has 1 atom stereocenters. The van der Waals surface area contributed by atoms with Crippen molar-refractivity contribution in [2.24, 2.45) is 0 Å². The van der Waals surface area contributed by atoms with Crippen LogP contribution in [0.15, 0.2) is 24.3 Å². The first kappa shape index (κ1) is 15.1. The van der Waals surface area contributed by atoms with Gasteiger partial charge in [-0.2, -0.15) is 0 Å². The van der Waals surface area contributed by atoms with E-state index >= 15 is 0 Å². The summed E-state index contributed by atoms with van der Waals surface area (Å²) in [6.07, 6.45) is 0.234. The minimum atomic E-state index is -3.20. The van der Waals surface area contributed by atoms with Crippen LogP contribution >= 0.6 is 23.5 Å². The Kier molecular flexibility index (Phi) is 5.78. The van der Waals surface area contributed by atoms with E-state index < -0.39 is 12.5 Å². The number of alkyl halides is 1. The Morgan fingerprint density at radius 1 is 1.39 bits per heavy atom. The summed E-state index contributed by atoms with van der Waals surface area (Å²) in [4.78, 5) is 9.97. The molecule has 0 spiro atoms. The molecule has 0 saturated carbocycles. The fourth-order valence-corrected chi connectivity index (χ4v) is 3.85. The van der Waals surface area contributed by atoms with Gasteiger partial charge < -0.3 is 9.05 Å². The lowest BCUT2D eigenvalue weighted by Gasteiger charge is -2.17. The third-order valence-electron chi connectivity index (χ3n) is 1.98. The highest BCUT2D eigenvalue weighted by Crippen LogP contribution is 2.48. The van der Waals surface area contributed by atoms with Crippen LogP contribution in [0.3, 0.4) is 0 Å². The lowest BCUT2D eigenvalue weighted by molar-refractivity contribution is -0.384. The molecule has 0 aliphatic heterocycles. The molecule has 1 rings (SSSR count). The maximum absolute atomic E-state index is 12.2. The van der Waals surface area contributed by atoms with Gasteiger partial charge in [-0.15, -0.1) is 0 Å². The van der Waals surface area contributed by atoms with Gasteiger partial charge in [0.25, 0.3) is 5.69 Å². The molecule has 0 radical (unpaired) electrons. The molecule has 100 valence electrons. The second-order valence-electron chi connectivity index (χ2n) is 3.28. The number of non-ortho nitro benzene ring substituents is 1. The van der Waals surface area contributed by atoms with E-state index in [0.29, 0.717) is 11.1 Å². The summed E-state index contributed by atoms with van der Waals surface area (Å²) < 4.78 is 22.6. The molecular formula is C10H13BrNO5P. The average Bonchev–Trinajstić information content (AvgIpc) is 2.30. The van der Waals surface area contributed by atoms with Gasteiger partial charge in [0, 0.05) is 17.5 Å². The van der Waals surface area contributed by atoms with Crippen molar-refractivity contribution in [3.05, 3.63) is 34.4 Å². The Hall–Kier alpha value is -0.910. The van der Waals surface area contributed by atoms with Gasteiger partial charge in [0.1, 0.15) is 5.75 Å². The Labute approximate surface area is 113 Å². The zero-order valence-electron chi connectivity index (χ0n) is 9.74. The maximum atomic E-state index is 12.2. The van der Waals surface area contributed by atoms with Crippen molar-refractivity contribution >= 4 is 29.2 Å². The predicted molar refractivity (Wildman–Crippen MR) is 71.6 cm³/mol. The molecule has 0 amide bonds. The van der Waals surface area contributed by atoms with Gasteiger partial charge >= 0.3 is 7.60 Å². The van der Waals surface area contributed by atoms with E-state index in [-0.39, 0.29) is 18.5 Å². The minimum absolute atomic E-state index is 0.0471. The Balaban J connectivity index is 2.81. The van der Waals surface area contributed by atoms with E-state index in [1.807, 2.05) is 0 Å². The zero-order chi connectivity index (χ0) is 13.6. The number of nitro benzene ring substituents is 1. The highest BCUT2D eigenvalue weighted by atomic mass is 79.9. The Morgan fingerprint density at radius 2 is 2.00 bits per heavy atom. The van der Waals surface area contributed by atoms with E-state index in [1.54, 1.807) is 6.92 Å². The van der Waals surface area contributed by atoms with Crippen molar-refractivity contribution in [3.63, 3.8) is 0 Å². The molecule has 0 bridgehead atoms. The first-order valence-corrected chi connectivity index (χ1v) is 8.09. The van der Waals surface area contributed by atoms with Crippen LogP contribution in [0.4, 0.5) is 5.69 Å². The molecule has 1 aromatic rings. The predicted octanol–water partition coefficient (Wildman–Crippen LogP) is 3.60. The van der Waals surface area contributed by atoms with E-state index in [1.165, 1.54) is 24.3 Å². The number of rotatable bonds is 7. The molecule has 18 heavy (non-hydrogen) atoms. The van der Waals surface area contributed by atoms with E-state index in [9.17, 15) is 14.7 Å². The number of halogens is 1. The van der Waals surface area contributed by atoms with Crippen LogP contribution in [-0.2, 0) is 9.09 Å². The molecule has 0 aromatic heterocycles. The van der Waals surface area contributed by atoms with Gasteiger partial charge in [-0.1, -0.05) is 15.9 Å². The fraction of sp³-hybridized carbons (Fsp3) is 0.400. The third-order valence-corrected chi connectivity index (χ3v) is 4.90. The molecule has 0 unspecified atom stereocenters. The molecule has 6 nitrogen and oxygen atoms in total. The quantitative estimate of drug-likeness (QED) is 0.328. The summed E-state index contributed by atoms with van der Waals surface area (Å²) in [6, 6.07) is 5.38. The molecule has 0 saturated heterocycles. The van der Waals surface area contributed by atoms with E-state index in [4.69, 9.17) is 9.05 Å². The van der Waals surface area contributed by atoms with Gasteiger partial charge in [-0.3, -0.25) is 10.1 Å². The average molecular weight is 338 g/mol. The summed E-state index contributed by atoms with van der Waals surface area (Å²) in [5, 5.41) is 11.0. The second-order valence-corrected chi connectivity index (χ2v) is 6.19. The largest absolute Gasteiger partial charge is 0.424 e. The third kappa shape index (κ3) is 4.40. The van der Waals surface area contributed by atoms with Crippen LogP contribution in [0, 0.1) is 10.1 Å². The molecular weight excluding hydrogens is 325 g/mol. The zero-order valence-corrected chi connectivity index (χ0v) is 12.2. The van der Waals surface area contributed by atoms with Crippen molar-refractivity contribution in [2.45, 2.75) is 6.92 Å². The minimum Gasteiger partial charge on any atom is -0.424 e. The number of hydrogen-bond acceptors (Lipinski definition) is 5. The maximum Gasteiger partial charge on any atom is 0.380 e. The van der Waals surface area contributed by atoms with Gasteiger partial charge in [-0.25, -0.2) is 4.57 Å². The van der Waals surface area contributed by atoms with Crippen molar-refractivity contribution in [1.82, 2.24) is 0 Å². The summed E-state index contributed by atoms with van der Waals surface area (Å²) in [6.45, 7) is 2.00. The van der Waals surface area contributed by atoms with Gasteiger partial charge in [0.2, 0.25) is 0 Å². The molecule has 0 aliphatic rings. The highest BCUT2D eigenvalue weighted by Gasteiger charge is 2.24. The van der Waals surface area contributed by atoms with Gasteiger partial charge in [0.05, 0.1) is 17.7 Å². The normalized spacial score (nSPS) is 13.9. The van der Waals surface area contributed by atoms with Gasteiger partial charge in [-0.05, 0) is 19.1 Å². The van der Waals surface area contributed by atoms with Crippen LogP contribution < -0.4 is 4.52 Å². The van der Waals surface area contributed by atoms with Crippen molar-refractivity contribution < 1.29 is 18.5 Å². The smallest absolute Gasteiger partial charge is 0.380 e. The first-order valence-electron chi connectivity index (χ1n) is 5.24. The molecule has 8 heteroatoms. The summed E-state index contributed by atoms with van der Waals surface area (Å²) in [5.41, 5.74) is -0.0471. The monoisotopic (exact) mass is 337 g/mol. The van der Waals surface area contributed by atoms with Crippen molar-refractivity contribution in [2.75, 3.05) is 18.1 Å². The van der Waals surface area contributed by atoms with Crippen molar-refractivity contribution in [3.8, 4) is 5.75 Å². The molecule has 0 fully saturated rings. The summed E-state index contributed by atoms with van der Waals surface area (Å²) >= 11 is 3.18. The molecule has 0 heterocycles. The lowest BCUT2D eigenvalue weighted by Crippen LogP contribution is -2.03. The van der Waals surface area contributed by atoms with Crippen molar-refractivity contribution in [1.29, 1.82) is 0 Å². The van der Waals surface area contributed by atoms with Crippen LogP contribution in [0.5, 0.6) is 5.75 Å². The van der Waals surface area contributed by atoms with Crippen LogP contribution in [-0.4, -0.2) is 23.0 Å². The number of benzene rings is 1. The Morgan fingerprint density at radius 3 is 2.44 bits per heavy atom. The topological polar surface area (TPSA) is 78.7 Å². The lowest BCUT2D eigenvalue weighted by atomic mass is 10.3. The van der Waals surface area contributed by atoms with Crippen LogP contribution in [0.1, 0.15) is 6.92 Å². The Bertz CT molecular complexity index is 440. The molecule has 1 aromatic carbocycles. The standard InChI is InChI=1S/C10H13BrNO5P/c1-2-16-18(15,8-7-11)17-10-5-3-9(4-6-10)12(13)14/h3-6H,2,7-8H2,1H3/t18-/m0/s1. The van der Waals surface area contributed by atoms with Gasteiger partial charge in [0.15, 0.2) is 0 Å². The SMILES string of the molecule is CCO[P@@](=O)(CCBr)Oc1ccc([N+](=O)[O-])cc1. The van der Waals surface area contributed by atoms with E-state index in [0.717, 1.165) is 0 Å². The summed E-state index contributed by atoms with van der Waals surface area (Å²) in [7, 11) is -3.20. The molecule has 0 aliphatic carbocycles. The number of nitrogens with zero attached hydrogens (tertiary/aromatic N) is 1. The number of hydrogen-bond donors (Lipinski definition) is 0. The fourth-order valence-electron chi connectivity index (χ4n) is 1.23. The van der Waals surface area contributed by atoms with Crippen LogP contribution in [0.25, 0.3) is 0 Å². The first-order chi connectivity index (χ1) is 8.50. The summed E-state index contributed by atoms with van der Waals surface area (Å²) in [5.74, 6) is 0.290. The number of nitro groups is 1. The second kappa shape index (κ2) is 6.87. The van der Waals surface area contributed by atoms with Crippen LogP contribution in [0.2, 0.25) is 0 Å². The van der Waals surface area contributed by atoms with E-state index in [2.05, 4.69) is 15.9 Å². The highest BCUT2D eigenvalue weighted by molar-refractivity contribution is 9.09. The molecule has 0 N–H and O–H groups in total.